The zero-order valence-corrected chi connectivity index (χ0v) is 9.17. The molecule has 0 aromatic carbocycles. The van der Waals surface area contributed by atoms with E-state index in [0.717, 1.165) is 6.04 Å². The average Bonchev–Trinajstić information content (AvgIpc) is 2.44. The van der Waals surface area contributed by atoms with Crippen LogP contribution in [0.5, 0.6) is 0 Å². The highest BCUT2D eigenvalue weighted by atomic mass is 15.0. The third kappa shape index (κ3) is 2.71. The summed E-state index contributed by atoms with van der Waals surface area (Å²) in [4.78, 5) is 0. The van der Waals surface area contributed by atoms with Gasteiger partial charge < -0.3 is 11.1 Å². The van der Waals surface area contributed by atoms with Gasteiger partial charge in [-0.05, 0) is 25.7 Å². The number of nitrogens with two attached hydrogens (primary N) is 1. The van der Waals surface area contributed by atoms with Crippen molar-refractivity contribution in [1.82, 2.24) is 5.32 Å². The zero-order chi connectivity index (χ0) is 9.80. The van der Waals surface area contributed by atoms with E-state index in [1.165, 1.54) is 57.8 Å². The highest BCUT2D eigenvalue weighted by molar-refractivity contribution is 4.88. The van der Waals surface area contributed by atoms with Crippen LogP contribution in [0, 0.1) is 0 Å². The summed E-state index contributed by atoms with van der Waals surface area (Å²) >= 11 is 0. The van der Waals surface area contributed by atoms with Crippen LogP contribution >= 0.6 is 0 Å². The summed E-state index contributed by atoms with van der Waals surface area (Å²) in [6.07, 6.45) is 12.3. The molecule has 0 aromatic rings. The van der Waals surface area contributed by atoms with Gasteiger partial charge in [-0.25, -0.2) is 0 Å². The second-order valence-electron chi connectivity index (χ2n) is 5.06. The SMILES string of the molecule is NC1CCCC1NC1CCCCCC1. The van der Waals surface area contributed by atoms with Gasteiger partial charge in [0.1, 0.15) is 0 Å². The van der Waals surface area contributed by atoms with Gasteiger partial charge in [-0.1, -0.05) is 32.1 Å². The number of nitrogens with one attached hydrogen (secondary N) is 1. The van der Waals surface area contributed by atoms with E-state index in [-0.39, 0.29) is 0 Å². The van der Waals surface area contributed by atoms with E-state index < -0.39 is 0 Å². The van der Waals surface area contributed by atoms with Crippen LogP contribution in [-0.4, -0.2) is 18.1 Å². The van der Waals surface area contributed by atoms with Gasteiger partial charge in [-0.3, -0.25) is 0 Å². The third-order valence-corrected chi connectivity index (χ3v) is 3.87. The summed E-state index contributed by atoms with van der Waals surface area (Å²) in [7, 11) is 0. The first-order valence-electron chi connectivity index (χ1n) is 6.38. The molecule has 14 heavy (non-hydrogen) atoms. The zero-order valence-electron chi connectivity index (χ0n) is 9.17. The lowest BCUT2D eigenvalue weighted by Gasteiger charge is -2.24. The Balaban J connectivity index is 1.77. The quantitative estimate of drug-likeness (QED) is 0.664. The minimum absolute atomic E-state index is 0.429. The van der Waals surface area contributed by atoms with Gasteiger partial charge in [-0.2, -0.15) is 0 Å². The molecular weight excluding hydrogens is 172 g/mol. The van der Waals surface area contributed by atoms with Gasteiger partial charge >= 0.3 is 0 Å². The van der Waals surface area contributed by atoms with Crippen LogP contribution in [0.3, 0.4) is 0 Å². The summed E-state index contributed by atoms with van der Waals surface area (Å²) in [5, 5.41) is 3.78. The monoisotopic (exact) mass is 196 g/mol. The first-order valence-corrected chi connectivity index (χ1v) is 6.38. The largest absolute Gasteiger partial charge is 0.326 e. The third-order valence-electron chi connectivity index (χ3n) is 3.87. The lowest BCUT2D eigenvalue weighted by atomic mass is 10.1. The van der Waals surface area contributed by atoms with Crippen molar-refractivity contribution in [3.63, 3.8) is 0 Å². The maximum absolute atomic E-state index is 6.07. The Labute approximate surface area is 87.6 Å². The molecule has 3 N–H and O–H groups in total. The number of hydrogen-bond donors (Lipinski definition) is 2. The van der Waals surface area contributed by atoms with Crippen molar-refractivity contribution in [1.29, 1.82) is 0 Å². The maximum Gasteiger partial charge on any atom is 0.0221 e. The van der Waals surface area contributed by atoms with Crippen LogP contribution in [-0.2, 0) is 0 Å². The molecular formula is C12H24N2. The van der Waals surface area contributed by atoms with Crippen molar-refractivity contribution in [3.8, 4) is 0 Å². The Bertz CT molecular complexity index is 162. The smallest absolute Gasteiger partial charge is 0.0221 e. The van der Waals surface area contributed by atoms with E-state index in [0.29, 0.717) is 12.1 Å². The Morgan fingerprint density at radius 3 is 2.07 bits per heavy atom. The summed E-state index contributed by atoms with van der Waals surface area (Å²) < 4.78 is 0. The predicted molar refractivity (Wildman–Crippen MR) is 60.2 cm³/mol. The Morgan fingerprint density at radius 2 is 1.50 bits per heavy atom. The summed E-state index contributed by atoms with van der Waals surface area (Å²) in [6, 6.07) is 1.82. The van der Waals surface area contributed by atoms with Crippen LogP contribution in [0.2, 0.25) is 0 Å². The first-order chi connectivity index (χ1) is 6.86. The van der Waals surface area contributed by atoms with Crippen LogP contribution in [0.4, 0.5) is 0 Å². The molecule has 2 rings (SSSR count). The molecule has 0 saturated heterocycles. The highest BCUT2D eigenvalue weighted by Crippen LogP contribution is 2.22. The number of rotatable bonds is 2. The summed E-state index contributed by atoms with van der Waals surface area (Å²) in [5.74, 6) is 0. The van der Waals surface area contributed by atoms with Crippen LogP contribution < -0.4 is 11.1 Å². The fraction of sp³-hybridized carbons (Fsp3) is 1.00. The summed E-state index contributed by atoms with van der Waals surface area (Å²) in [6.45, 7) is 0. The summed E-state index contributed by atoms with van der Waals surface area (Å²) in [5.41, 5.74) is 6.07. The van der Waals surface area contributed by atoms with Crippen molar-refractivity contribution in [3.05, 3.63) is 0 Å². The normalized spacial score (nSPS) is 35.8. The Hall–Kier alpha value is -0.0800. The molecule has 2 unspecified atom stereocenters. The molecule has 2 fully saturated rings. The van der Waals surface area contributed by atoms with Crippen molar-refractivity contribution in [2.75, 3.05) is 0 Å². The Morgan fingerprint density at radius 1 is 0.786 bits per heavy atom. The molecule has 2 aliphatic carbocycles. The van der Waals surface area contributed by atoms with Gasteiger partial charge in [0.15, 0.2) is 0 Å². The van der Waals surface area contributed by atoms with Crippen molar-refractivity contribution in [2.45, 2.75) is 75.9 Å². The van der Waals surface area contributed by atoms with Crippen molar-refractivity contribution in [2.24, 2.45) is 5.73 Å². The van der Waals surface area contributed by atoms with E-state index in [1.54, 1.807) is 0 Å². The molecule has 2 saturated carbocycles. The van der Waals surface area contributed by atoms with Gasteiger partial charge in [-0.15, -0.1) is 0 Å². The van der Waals surface area contributed by atoms with E-state index in [9.17, 15) is 0 Å². The molecule has 2 heteroatoms. The van der Waals surface area contributed by atoms with Gasteiger partial charge in [0.25, 0.3) is 0 Å². The predicted octanol–water partition coefficient (Wildman–Crippen LogP) is 2.18. The topological polar surface area (TPSA) is 38.0 Å². The van der Waals surface area contributed by atoms with E-state index in [4.69, 9.17) is 5.73 Å². The molecule has 2 aliphatic rings. The molecule has 2 atom stereocenters. The minimum Gasteiger partial charge on any atom is -0.326 e. The molecule has 82 valence electrons. The van der Waals surface area contributed by atoms with Crippen LogP contribution in [0.1, 0.15) is 57.8 Å². The lowest BCUT2D eigenvalue weighted by Crippen LogP contribution is -2.45. The molecule has 0 aliphatic heterocycles. The van der Waals surface area contributed by atoms with E-state index >= 15 is 0 Å². The molecule has 0 heterocycles. The minimum atomic E-state index is 0.429. The van der Waals surface area contributed by atoms with Crippen molar-refractivity contribution >= 4 is 0 Å². The second-order valence-corrected chi connectivity index (χ2v) is 5.06. The van der Waals surface area contributed by atoms with Gasteiger partial charge in [0, 0.05) is 18.1 Å². The molecule has 0 radical (unpaired) electrons. The van der Waals surface area contributed by atoms with Crippen LogP contribution in [0.15, 0.2) is 0 Å². The first kappa shape index (κ1) is 10.4. The molecule has 0 bridgehead atoms. The fourth-order valence-corrected chi connectivity index (χ4v) is 2.94. The van der Waals surface area contributed by atoms with Gasteiger partial charge in [0.05, 0.1) is 0 Å². The number of hydrogen-bond acceptors (Lipinski definition) is 2. The fourth-order valence-electron chi connectivity index (χ4n) is 2.94. The van der Waals surface area contributed by atoms with E-state index in [1.807, 2.05) is 0 Å². The molecule has 0 aromatic heterocycles. The van der Waals surface area contributed by atoms with Crippen LogP contribution in [0.25, 0.3) is 0 Å². The van der Waals surface area contributed by atoms with Crippen molar-refractivity contribution < 1.29 is 0 Å². The maximum atomic E-state index is 6.07. The average molecular weight is 196 g/mol. The van der Waals surface area contributed by atoms with E-state index in [2.05, 4.69) is 5.32 Å². The Kier molecular flexibility index (Phi) is 3.82. The highest BCUT2D eigenvalue weighted by Gasteiger charge is 2.26. The molecule has 2 nitrogen and oxygen atoms in total. The van der Waals surface area contributed by atoms with Gasteiger partial charge in [0.2, 0.25) is 0 Å². The molecule has 0 spiro atoms. The lowest BCUT2D eigenvalue weighted by molar-refractivity contribution is 0.375. The standard InChI is InChI=1S/C12H24N2/c13-11-8-5-9-12(11)14-10-6-3-1-2-4-7-10/h10-12,14H,1-9,13H2. The second kappa shape index (κ2) is 5.13. The molecule has 0 amide bonds.